The van der Waals surface area contributed by atoms with Crippen LogP contribution >= 0.6 is 0 Å². The molecule has 2 aromatic rings. The van der Waals surface area contributed by atoms with Crippen LogP contribution in [0.5, 0.6) is 0 Å². The highest BCUT2D eigenvalue weighted by Gasteiger charge is 2.39. The Morgan fingerprint density at radius 3 is 2.32 bits per heavy atom. The highest BCUT2D eigenvalue weighted by Crippen LogP contribution is 2.41. The lowest BCUT2D eigenvalue weighted by Gasteiger charge is -2.32. The van der Waals surface area contributed by atoms with Crippen molar-refractivity contribution in [3.63, 3.8) is 0 Å². The molecular formula is C24H31N3O3S. The molecule has 31 heavy (non-hydrogen) atoms. The van der Waals surface area contributed by atoms with E-state index < -0.39 is 15.9 Å². The summed E-state index contributed by atoms with van der Waals surface area (Å²) in [5.74, 6) is 0.164. The van der Waals surface area contributed by atoms with Crippen LogP contribution in [0.15, 0.2) is 54.6 Å². The molecular weight excluding hydrogens is 410 g/mol. The third kappa shape index (κ3) is 5.53. The zero-order valence-corrected chi connectivity index (χ0v) is 19.0. The number of likely N-dealkylation sites (tertiary alicyclic amines) is 1. The van der Waals surface area contributed by atoms with E-state index in [9.17, 15) is 13.2 Å². The molecule has 0 bridgehead atoms. The molecule has 4 rings (SSSR count). The number of nitrogens with one attached hydrogen (secondary N) is 1. The molecule has 166 valence electrons. The van der Waals surface area contributed by atoms with E-state index in [2.05, 4.69) is 40.5 Å². The van der Waals surface area contributed by atoms with Crippen LogP contribution in [0, 0.1) is 0 Å². The van der Waals surface area contributed by atoms with Crippen molar-refractivity contribution in [2.24, 2.45) is 0 Å². The van der Waals surface area contributed by atoms with Crippen LogP contribution in [0.3, 0.4) is 0 Å². The minimum Gasteiger partial charge on any atom is -0.311 e. The predicted molar refractivity (Wildman–Crippen MR) is 122 cm³/mol. The standard InChI is InChI=1S/C24H31N3O3S/c1-26(31(2,29)30)24(28)20-10-8-18(9-11-20)17-27-14-12-21(13-15-27)25-23-16-22(23)19-6-4-3-5-7-19/h3-11,21-23,25H,12-17H2,1-2H3. The Labute approximate surface area is 185 Å². The number of piperidine rings is 1. The molecule has 2 aliphatic rings. The molecule has 1 amide bonds. The summed E-state index contributed by atoms with van der Waals surface area (Å²) in [7, 11) is -2.26. The van der Waals surface area contributed by atoms with Gasteiger partial charge in [0.2, 0.25) is 10.0 Å². The van der Waals surface area contributed by atoms with Gasteiger partial charge in [-0.05, 0) is 55.6 Å². The van der Waals surface area contributed by atoms with Crippen molar-refractivity contribution in [1.82, 2.24) is 14.5 Å². The van der Waals surface area contributed by atoms with E-state index in [1.54, 1.807) is 12.1 Å². The average Bonchev–Trinajstić information content (AvgIpc) is 3.54. The molecule has 1 saturated heterocycles. The smallest absolute Gasteiger partial charge is 0.267 e. The first-order valence-corrected chi connectivity index (χ1v) is 12.8. The van der Waals surface area contributed by atoms with Gasteiger partial charge < -0.3 is 5.32 Å². The predicted octanol–water partition coefficient (Wildman–Crippen LogP) is 2.83. The van der Waals surface area contributed by atoms with Crippen LogP contribution < -0.4 is 5.32 Å². The second-order valence-corrected chi connectivity index (χ2v) is 10.8. The molecule has 7 heteroatoms. The SMILES string of the molecule is CN(C(=O)c1ccc(CN2CCC(NC3CC3c3ccccc3)CC2)cc1)S(C)(=O)=O. The molecule has 1 aliphatic carbocycles. The largest absolute Gasteiger partial charge is 0.311 e. The fraction of sp³-hybridized carbons (Fsp3) is 0.458. The molecule has 0 radical (unpaired) electrons. The fourth-order valence-corrected chi connectivity index (χ4v) is 4.76. The average molecular weight is 442 g/mol. The van der Waals surface area contributed by atoms with Crippen LogP contribution in [0.1, 0.15) is 46.7 Å². The van der Waals surface area contributed by atoms with Gasteiger partial charge in [0, 0.05) is 37.2 Å². The number of rotatable bonds is 7. The Kier molecular flexibility index (Phi) is 6.46. The van der Waals surface area contributed by atoms with Crippen molar-refractivity contribution in [2.45, 2.75) is 43.8 Å². The number of carbonyl (C=O) groups is 1. The molecule has 6 nitrogen and oxygen atoms in total. The van der Waals surface area contributed by atoms with Crippen molar-refractivity contribution < 1.29 is 13.2 Å². The van der Waals surface area contributed by atoms with Crippen molar-refractivity contribution in [3.05, 3.63) is 71.3 Å². The Hall–Kier alpha value is -2.22. The maximum absolute atomic E-state index is 12.3. The zero-order valence-electron chi connectivity index (χ0n) is 18.2. The lowest BCUT2D eigenvalue weighted by atomic mass is 10.0. The maximum Gasteiger partial charge on any atom is 0.267 e. The van der Waals surface area contributed by atoms with E-state index in [1.165, 1.54) is 19.0 Å². The van der Waals surface area contributed by atoms with E-state index in [4.69, 9.17) is 0 Å². The summed E-state index contributed by atoms with van der Waals surface area (Å²) in [6.07, 6.45) is 4.56. The molecule has 1 saturated carbocycles. The normalized spacial score (nSPS) is 22.3. The Bertz CT molecular complexity index is 1000. The highest BCUT2D eigenvalue weighted by molar-refractivity contribution is 7.88. The first-order chi connectivity index (χ1) is 14.8. The third-order valence-electron chi connectivity index (χ3n) is 6.45. The van der Waals surface area contributed by atoms with Crippen LogP contribution in [0.4, 0.5) is 0 Å². The van der Waals surface area contributed by atoms with E-state index >= 15 is 0 Å². The summed E-state index contributed by atoms with van der Waals surface area (Å²) in [6, 6.07) is 19.2. The molecule has 1 N–H and O–H groups in total. The summed E-state index contributed by atoms with van der Waals surface area (Å²) in [5.41, 5.74) is 2.97. The Balaban J connectivity index is 1.23. The molecule has 2 atom stereocenters. The van der Waals surface area contributed by atoms with Gasteiger partial charge in [-0.25, -0.2) is 12.7 Å². The monoisotopic (exact) mass is 441 g/mol. The number of nitrogens with zero attached hydrogens (tertiary/aromatic N) is 2. The number of benzene rings is 2. The number of sulfonamides is 1. The number of amides is 1. The number of carbonyl (C=O) groups excluding carboxylic acids is 1. The fourth-order valence-electron chi connectivity index (χ4n) is 4.35. The van der Waals surface area contributed by atoms with Crippen molar-refractivity contribution in [2.75, 3.05) is 26.4 Å². The van der Waals surface area contributed by atoms with Crippen LogP contribution in [-0.2, 0) is 16.6 Å². The zero-order chi connectivity index (χ0) is 22.0. The van der Waals surface area contributed by atoms with Crippen molar-refractivity contribution in [3.8, 4) is 0 Å². The summed E-state index contributed by atoms with van der Waals surface area (Å²) < 4.78 is 23.9. The molecule has 2 aromatic carbocycles. The van der Waals surface area contributed by atoms with Crippen LogP contribution in [0.2, 0.25) is 0 Å². The lowest BCUT2D eigenvalue weighted by Crippen LogP contribution is -2.43. The summed E-state index contributed by atoms with van der Waals surface area (Å²) >= 11 is 0. The second kappa shape index (κ2) is 9.10. The summed E-state index contributed by atoms with van der Waals surface area (Å²) in [4.78, 5) is 14.7. The van der Waals surface area contributed by atoms with Gasteiger partial charge in [0.15, 0.2) is 0 Å². The second-order valence-electron chi connectivity index (χ2n) is 8.81. The van der Waals surface area contributed by atoms with Gasteiger partial charge in [-0.1, -0.05) is 42.5 Å². The minimum absolute atomic E-state index is 0.386. The van der Waals surface area contributed by atoms with Gasteiger partial charge in [-0.3, -0.25) is 9.69 Å². The van der Waals surface area contributed by atoms with E-state index in [-0.39, 0.29) is 0 Å². The van der Waals surface area contributed by atoms with Gasteiger partial charge >= 0.3 is 0 Å². The molecule has 2 unspecified atom stereocenters. The van der Waals surface area contributed by atoms with Crippen molar-refractivity contribution >= 4 is 15.9 Å². The molecule has 1 aliphatic heterocycles. The Morgan fingerprint density at radius 1 is 1.06 bits per heavy atom. The van der Waals surface area contributed by atoms with Gasteiger partial charge in [0.1, 0.15) is 0 Å². The van der Waals surface area contributed by atoms with Crippen LogP contribution in [0.25, 0.3) is 0 Å². The van der Waals surface area contributed by atoms with Gasteiger partial charge in [-0.15, -0.1) is 0 Å². The van der Waals surface area contributed by atoms with E-state index in [1.807, 2.05) is 12.1 Å². The molecule has 0 aromatic heterocycles. The summed E-state index contributed by atoms with van der Waals surface area (Å²) in [6.45, 7) is 2.95. The highest BCUT2D eigenvalue weighted by atomic mass is 32.2. The molecule has 2 fully saturated rings. The third-order valence-corrected chi connectivity index (χ3v) is 7.61. The number of hydrogen-bond acceptors (Lipinski definition) is 5. The van der Waals surface area contributed by atoms with Gasteiger partial charge in [-0.2, -0.15) is 0 Å². The molecule has 0 spiro atoms. The van der Waals surface area contributed by atoms with E-state index in [0.29, 0.717) is 23.6 Å². The van der Waals surface area contributed by atoms with Gasteiger partial charge in [0.25, 0.3) is 5.91 Å². The Morgan fingerprint density at radius 2 is 1.71 bits per heavy atom. The molecule has 1 heterocycles. The quantitative estimate of drug-likeness (QED) is 0.716. The summed E-state index contributed by atoms with van der Waals surface area (Å²) in [5, 5.41) is 3.85. The van der Waals surface area contributed by atoms with Gasteiger partial charge in [0.05, 0.1) is 6.26 Å². The van der Waals surface area contributed by atoms with Crippen LogP contribution in [-0.4, -0.2) is 62.0 Å². The van der Waals surface area contributed by atoms with E-state index in [0.717, 1.165) is 48.6 Å². The minimum atomic E-state index is -3.54. The first kappa shape index (κ1) is 22.0. The van der Waals surface area contributed by atoms with Crippen molar-refractivity contribution in [1.29, 1.82) is 0 Å². The maximum atomic E-state index is 12.3. The topological polar surface area (TPSA) is 69.7 Å². The first-order valence-electron chi connectivity index (χ1n) is 10.9. The number of hydrogen-bond donors (Lipinski definition) is 1. The lowest BCUT2D eigenvalue weighted by molar-refractivity contribution is 0.0883.